The zero-order valence-corrected chi connectivity index (χ0v) is 12.1. The van der Waals surface area contributed by atoms with E-state index in [1.807, 2.05) is 0 Å². The first-order valence-electron chi connectivity index (χ1n) is 6.84. The topological polar surface area (TPSA) is 29.5 Å². The van der Waals surface area contributed by atoms with Crippen molar-refractivity contribution in [3.8, 4) is 5.75 Å². The number of aliphatic hydroxyl groups is 1. The summed E-state index contributed by atoms with van der Waals surface area (Å²) in [5.74, 6) is 0.301. The lowest BCUT2D eigenvalue weighted by molar-refractivity contribution is 0.197. The van der Waals surface area contributed by atoms with Crippen LogP contribution in [0.15, 0.2) is 18.2 Å². The fraction of sp³-hybridized carbons (Fsp3) is 0.600. The van der Waals surface area contributed by atoms with Crippen LogP contribution in [0.25, 0.3) is 0 Å². The number of thioether (sulfide) groups is 1. The predicted molar refractivity (Wildman–Crippen MR) is 77.2 cm³/mol. The van der Waals surface area contributed by atoms with Gasteiger partial charge in [-0.05, 0) is 18.9 Å². The number of benzene rings is 1. The molecule has 0 bridgehead atoms. The minimum atomic E-state index is -0.762. The summed E-state index contributed by atoms with van der Waals surface area (Å²) >= 11 is 1.76. The maximum absolute atomic E-state index is 14.0. The summed E-state index contributed by atoms with van der Waals surface area (Å²) in [6.07, 6.45) is 5.56. The number of halogens is 1. The fourth-order valence-corrected chi connectivity index (χ4v) is 3.79. The Morgan fingerprint density at radius 1 is 1.37 bits per heavy atom. The molecule has 2 rings (SSSR count). The molecule has 1 atom stereocenters. The number of ether oxygens (including phenoxy) is 1. The van der Waals surface area contributed by atoms with Gasteiger partial charge >= 0.3 is 0 Å². The minimum absolute atomic E-state index is 0.194. The zero-order chi connectivity index (χ0) is 13.7. The van der Waals surface area contributed by atoms with Gasteiger partial charge in [-0.15, -0.1) is 0 Å². The van der Waals surface area contributed by atoms with Crippen LogP contribution in [0.1, 0.15) is 43.8 Å². The third-order valence-electron chi connectivity index (χ3n) is 3.61. The van der Waals surface area contributed by atoms with Gasteiger partial charge in [0.15, 0.2) is 11.6 Å². The molecule has 1 fully saturated rings. The molecule has 0 saturated heterocycles. The average Bonchev–Trinajstić information content (AvgIpc) is 2.46. The third-order valence-corrected chi connectivity index (χ3v) is 5.07. The van der Waals surface area contributed by atoms with Crippen LogP contribution in [0, 0.1) is 5.82 Å². The molecule has 4 heteroatoms. The number of rotatable bonds is 5. The number of aliphatic hydroxyl groups excluding tert-OH is 1. The number of methoxy groups -OCH3 is 1. The van der Waals surface area contributed by atoms with Crippen LogP contribution in [0.5, 0.6) is 5.75 Å². The lowest BCUT2D eigenvalue weighted by atomic mass is 10.0. The molecule has 1 aromatic carbocycles. The Morgan fingerprint density at radius 3 is 2.79 bits per heavy atom. The van der Waals surface area contributed by atoms with Gasteiger partial charge in [-0.3, -0.25) is 0 Å². The SMILES string of the molecule is COc1cccc(C(O)CSC2CCCCC2)c1F. The van der Waals surface area contributed by atoms with Crippen LogP contribution in [0.4, 0.5) is 4.39 Å². The minimum Gasteiger partial charge on any atom is -0.494 e. The first-order valence-corrected chi connectivity index (χ1v) is 7.89. The van der Waals surface area contributed by atoms with Gasteiger partial charge in [-0.25, -0.2) is 4.39 Å². The molecule has 2 nitrogen and oxygen atoms in total. The van der Waals surface area contributed by atoms with Crippen molar-refractivity contribution in [2.24, 2.45) is 0 Å². The molecule has 1 aliphatic carbocycles. The number of hydrogen-bond donors (Lipinski definition) is 1. The van der Waals surface area contributed by atoms with E-state index in [0.29, 0.717) is 16.6 Å². The normalized spacial score (nSPS) is 18.3. The molecule has 19 heavy (non-hydrogen) atoms. The van der Waals surface area contributed by atoms with Crippen LogP contribution in [0.2, 0.25) is 0 Å². The van der Waals surface area contributed by atoms with E-state index in [2.05, 4.69) is 0 Å². The van der Waals surface area contributed by atoms with Crippen molar-refractivity contribution in [2.45, 2.75) is 43.5 Å². The Kier molecular flexibility index (Phi) is 5.52. The van der Waals surface area contributed by atoms with Crippen LogP contribution in [-0.2, 0) is 0 Å². The molecule has 0 radical (unpaired) electrons. The highest BCUT2D eigenvalue weighted by Crippen LogP contribution is 2.32. The van der Waals surface area contributed by atoms with Crippen molar-refractivity contribution in [2.75, 3.05) is 12.9 Å². The van der Waals surface area contributed by atoms with E-state index in [9.17, 15) is 9.50 Å². The second-order valence-electron chi connectivity index (χ2n) is 4.97. The van der Waals surface area contributed by atoms with E-state index in [1.54, 1.807) is 30.0 Å². The summed E-state index contributed by atoms with van der Waals surface area (Å²) < 4.78 is 18.9. The van der Waals surface area contributed by atoms with Gasteiger partial charge in [0.1, 0.15) is 0 Å². The van der Waals surface area contributed by atoms with E-state index in [0.717, 1.165) is 0 Å². The molecule has 106 valence electrons. The molecule has 1 aromatic rings. The van der Waals surface area contributed by atoms with E-state index < -0.39 is 11.9 Å². The van der Waals surface area contributed by atoms with E-state index >= 15 is 0 Å². The van der Waals surface area contributed by atoms with Gasteiger partial charge in [0.2, 0.25) is 0 Å². The van der Waals surface area contributed by atoms with Crippen molar-refractivity contribution in [3.05, 3.63) is 29.6 Å². The monoisotopic (exact) mass is 284 g/mol. The first-order chi connectivity index (χ1) is 9.22. The summed E-state index contributed by atoms with van der Waals surface area (Å²) in [5.41, 5.74) is 0.336. The van der Waals surface area contributed by atoms with E-state index in [1.165, 1.54) is 39.2 Å². The smallest absolute Gasteiger partial charge is 0.170 e. The highest BCUT2D eigenvalue weighted by Gasteiger charge is 2.19. The van der Waals surface area contributed by atoms with Gasteiger partial charge in [0.05, 0.1) is 13.2 Å². The highest BCUT2D eigenvalue weighted by atomic mass is 32.2. The molecule has 1 saturated carbocycles. The van der Waals surface area contributed by atoms with E-state index in [-0.39, 0.29) is 5.75 Å². The Bertz CT molecular complexity index is 405. The molecule has 0 spiro atoms. The van der Waals surface area contributed by atoms with Crippen molar-refractivity contribution >= 4 is 11.8 Å². The quantitative estimate of drug-likeness (QED) is 0.888. The van der Waals surface area contributed by atoms with Crippen LogP contribution >= 0.6 is 11.8 Å². The summed E-state index contributed by atoms with van der Waals surface area (Å²) in [7, 11) is 1.44. The number of hydrogen-bond acceptors (Lipinski definition) is 3. The second kappa shape index (κ2) is 7.15. The Hall–Kier alpha value is -0.740. The highest BCUT2D eigenvalue weighted by molar-refractivity contribution is 7.99. The Labute approximate surface area is 118 Å². The largest absolute Gasteiger partial charge is 0.494 e. The van der Waals surface area contributed by atoms with Crippen LogP contribution in [-0.4, -0.2) is 23.2 Å². The lowest BCUT2D eigenvalue weighted by Crippen LogP contribution is -2.12. The second-order valence-corrected chi connectivity index (χ2v) is 6.31. The molecule has 0 aliphatic heterocycles. The van der Waals surface area contributed by atoms with Gasteiger partial charge in [0.25, 0.3) is 0 Å². The van der Waals surface area contributed by atoms with Crippen LogP contribution in [0.3, 0.4) is 0 Å². The molecule has 1 unspecified atom stereocenters. The van der Waals surface area contributed by atoms with Gasteiger partial charge in [0, 0.05) is 16.6 Å². The van der Waals surface area contributed by atoms with Gasteiger partial charge in [-0.1, -0.05) is 31.4 Å². The summed E-state index contributed by atoms with van der Waals surface area (Å²) in [6.45, 7) is 0. The van der Waals surface area contributed by atoms with Crippen molar-refractivity contribution in [1.82, 2.24) is 0 Å². The predicted octanol–water partition coefficient (Wildman–Crippen LogP) is 3.93. The Morgan fingerprint density at radius 2 is 2.11 bits per heavy atom. The van der Waals surface area contributed by atoms with E-state index in [4.69, 9.17) is 4.74 Å². The standard InChI is InChI=1S/C15H21FO2S/c1-18-14-9-5-8-12(15(14)16)13(17)10-19-11-6-3-2-4-7-11/h5,8-9,11,13,17H,2-4,6-7,10H2,1H3. The average molecular weight is 284 g/mol. The molecular formula is C15H21FO2S. The van der Waals surface area contributed by atoms with Crippen molar-refractivity contribution < 1.29 is 14.2 Å². The summed E-state index contributed by atoms with van der Waals surface area (Å²) in [4.78, 5) is 0. The van der Waals surface area contributed by atoms with Crippen molar-refractivity contribution in [3.63, 3.8) is 0 Å². The van der Waals surface area contributed by atoms with Crippen LogP contribution < -0.4 is 4.74 Å². The maximum atomic E-state index is 14.0. The molecule has 0 heterocycles. The maximum Gasteiger partial charge on any atom is 0.170 e. The zero-order valence-electron chi connectivity index (χ0n) is 11.3. The van der Waals surface area contributed by atoms with Gasteiger partial charge in [-0.2, -0.15) is 11.8 Å². The fourth-order valence-electron chi connectivity index (χ4n) is 2.49. The lowest BCUT2D eigenvalue weighted by Gasteiger charge is -2.22. The molecule has 0 amide bonds. The Balaban J connectivity index is 1.93. The summed E-state index contributed by atoms with van der Waals surface area (Å²) in [6, 6.07) is 4.91. The van der Waals surface area contributed by atoms with Gasteiger partial charge < -0.3 is 9.84 Å². The molecular weight excluding hydrogens is 263 g/mol. The first kappa shape index (κ1) is 14.7. The van der Waals surface area contributed by atoms with Crippen molar-refractivity contribution in [1.29, 1.82) is 0 Å². The summed E-state index contributed by atoms with van der Waals surface area (Å²) in [5, 5.41) is 10.8. The molecule has 0 aromatic heterocycles. The molecule has 1 aliphatic rings. The third kappa shape index (κ3) is 3.86. The molecule has 1 N–H and O–H groups in total.